The van der Waals surface area contributed by atoms with Crippen molar-refractivity contribution >= 4 is 64.6 Å². The van der Waals surface area contributed by atoms with E-state index in [1.165, 1.54) is 64.6 Å². The molecule has 0 amide bonds. The van der Waals surface area contributed by atoms with E-state index in [2.05, 4.69) is 150 Å². The molecule has 0 atom stereocenters. The summed E-state index contributed by atoms with van der Waals surface area (Å²) in [5, 5.41) is 25.7. The van der Waals surface area contributed by atoms with Gasteiger partial charge in [0.05, 0.1) is 11.4 Å². The number of nitrogens with zero attached hydrogens (tertiary/aromatic N) is 4. The van der Waals surface area contributed by atoms with Gasteiger partial charge in [-0.05, 0) is 83.2 Å². The number of hydrogen-bond donors (Lipinski definition) is 0. The van der Waals surface area contributed by atoms with Gasteiger partial charge in [-0.15, -0.1) is 0 Å². The Kier molecular flexibility index (Phi) is 5.01. The fraction of sp³-hybridized carbons (Fsp3) is 0.0732. The summed E-state index contributed by atoms with van der Waals surface area (Å²) in [5.74, 6) is 0. The predicted molar refractivity (Wildman–Crippen MR) is 187 cm³/mol. The SMILES string of the molecule is CCC(n1ccc(-c2ccc3ccc4cccc5ccc2c3c45)n1)n1ccc(-c2ccc3ccc4cccc5ccc2c3c45)n1. The Balaban J connectivity index is 1.06. The first-order chi connectivity index (χ1) is 22.2. The van der Waals surface area contributed by atoms with Gasteiger partial charge in [0.15, 0.2) is 0 Å². The van der Waals surface area contributed by atoms with Crippen LogP contribution in [-0.4, -0.2) is 19.6 Å². The fourth-order valence-electron chi connectivity index (χ4n) is 7.71. The topological polar surface area (TPSA) is 35.6 Å². The molecular weight excluding hydrogens is 548 g/mol. The van der Waals surface area contributed by atoms with Crippen molar-refractivity contribution in [2.75, 3.05) is 0 Å². The summed E-state index contributed by atoms with van der Waals surface area (Å²) in [6.45, 7) is 2.19. The molecule has 0 fully saturated rings. The molecule has 0 aliphatic carbocycles. The molecule has 0 aliphatic heterocycles. The van der Waals surface area contributed by atoms with Gasteiger partial charge in [-0.3, -0.25) is 0 Å². The van der Waals surface area contributed by atoms with E-state index in [9.17, 15) is 0 Å². The molecule has 0 N–H and O–H groups in total. The third-order valence-electron chi connectivity index (χ3n) is 9.80. The highest BCUT2D eigenvalue weighted by molar-refractivity contribution is 6.26. The van der Waals surface area contributed by atoms with E-state index in [0.717, 1.165) is 28.9 Å². The van der Waals surface area contributed by atoms with Crippen molar-refractivity contribution in [2.24, 2.45) is 0 Å². The van der Waals surface area contributed by atoms with E-state index in [1.807, 2.05) is 0 Å². The molecule has 8 aromatic carbocycles. The van der Waals surface area contributed by atoms with Crippen LogP contribution >= 0.6 is 0 Å². The molecule has 0 bridgehead atoms. The van der Waals surface area contributed by atoms with E-state index in [-0.39, 0.29) is 6.17 Å². The summed E-state index contributed by atoms with van der Waals surface area (Å²) < 4.78 is 4.13. The van der Waals surface area contributed by atoms with E-state index < -0.39 is 0 Å². The highest BCUT2D eigenvalue weighted by Crippen LogP contribution is 2.40. The average Bonchev–Trinajstić information content (AvgIpc) is 3.78. The molecule has 4 nitrogen and oxygen atoms in total. The van der Waals surface area contributed by atoms with Crippen molar-refractivity contribution in [3.63, 3.8) is 0 Å². The summed E-state index contributed by atoms with van der Waals surface area (Å²) in [6.07, 6.45) is 5.02. The van der Waals surface area contributed by atoms with E-state index in [0.29, 0.717) is 0 Å². The molecule has 10 rings (SSSR count). The van der Waals surface area contributed by atoms with Crippen LogP contribution in [0.3, 0.4) is 0 Å². The third-order valence-corrected chi connectivity index (χ3v) is 9.80. The van der Waals surface area contributed by atoms with Crippen molar-refractivity contribution in [3.05, 3.63) is 134 Å². The maximum atomic E-state index is 5.15. The van der Waals surface area contributed by atoms with Gasteiger partial charge >= 0.3 is 0 Å². The second kappa shape index (κ2) is 9.13. The molecule has 0 spiro atoms. The van der Waals surface area contributed by atoms with Gasteiger partial charge in [-0.2, -0.15) is 10.2 Å². The molecule has 0 aliphatic rings. The highest BCUT2D eigenvalue weighted by atomic mass is 15.4. The highest BCUT2D eigenvalue weighted by Gasteiger charge is 2.19. The third kappa shape index (κ3) is 3.48. The zero-order valence-corrected chi connectivity index (χ0v) is 24.8. The second-order valence-corrected chi connectivity index (χ2v) is 12.2. The Hall–Kier alpha value is -5.74. The first kappa shape index (κ1) is 24.7. The minimum absolute atomic E-state index is 0.0351. The lowest BCUT2D eigenvalue weighted by Gasteiger charge is -2.17. The maximum Gasteiger partial charge on any atom is 0.143 e. The number of rotatable bonds is 5. The van der Waals surface area contributed by atoms with Crippen molar-refractivity contribution in [1.82, 2.24) is 19.6 Å². The Morgan fingerprint density at radius 2 is 0.822 bits per heavy atom. The smallest absolute Gasteiger partial charge is 0.143 e. The molecule has 0 saturated heterocycles. The molecule has 2 aromatic heterocycles. The quantitative estimate of drug-likeness (QED) is 0.191. The van der Waals surface area contributed by atoms with Crippen LogP contribution in [0.2, 0.25) is 0 Å². The molecule has 0 unspecified atom stereocenters. The standard InChI is InChI=1S/C41H28N4/c1-2-37(44-23-21-35(42-44)31-17-13-29-11-9-25-5-3-7-27-15-19-33(31)40(29)38(25)27)45-24-22-36(43-45)32-18-14-30-12-10-26-6-4-8-28-16-20-34(32)41(30)39(26)28/h3-24,37H,2H2,1H3. The summed E-state index contributed by atoms with van der Waals surface area (Å²) in [6, 6.07) is 44.2. The molecular formula is C41H28N4. The minimum atomic E-state index is -0.0351. The van der Waals surface area contributed by atoms with Gasteiger partial charge in [0.25, 0.3) is 0 Å². The number of benzene rings is 8. The van der Waals surface area contributed by atoms with Crippen molar-refractivity contribution < 1.29 is 0 Å². The number of aromatic nitrogens is 4. The first-order valence-electron chi connectivity index (χ1n) is 15.7. The minimum Gasteiger partial charge on any atom is -0.247 e. The van der Waals surface area contributed by atoms with Crippen molar-refractivity contribution in [3.8, 4) is 22.5 Å². The van der Waals surface area contributed by atoms with E-state index in [1.54, 1.807) is 0 Å². The molecule has 45 heavy (non-hydrogen) atoms. The van der Waals surface area contributed by atoms with Crippen LogP contribution in [0, 0.1) is 0 Å². The van der Waals surface area contributed by atoms with Crippen LogP contribution in [0.15, 0.2) is 134 Å². The average molecular weight is 577 g/mol. The molecule has 4 heteroatoms. The lowest BCUT2D eigenvalue weighted by atomic mass is 9.91. The Bertz CT molecular complexity index is 2490. The van der Waals surface area contributed by atoms with Crippen molar-refractivity contribution in [2.45, 2.75) is 19.5 Å². The van der Waals surface area contributed by atoms with Crippen LogP contribution in [-0.2, 0) is 0 Å². The van der Waals surface area contributed by atoms with Gasteiger partial charge in [-0.1, -0.05) is 116 Å². The van der Waals surface area contributed by atoms with E-state index >= 15 is 0 Å². The lowest BCUT2D eigenvalue weighted by molar-refractivity contribution is 0.351. The molecule has 212 valence electrons. The lowest BCUT2D eigenvalue weighted by Crippen LogP contribution is -2.18. The van der Waals surface area contributed by atoms with Gasteiger partial charge in [0.2, 0.25) is 0 Å². The zero-order valence-electron chi connectivity index (χ0n) is 24.8. The Morgan fingerprint density at radius 3 is 1.24 bits per heavy atom. The zero-order chi connectivity index (χ0) is 29.6. The van der Waals surface area contributed by atoms with Gasteiger partial charge in [0.1, 0.15) is 6.17 Å². The normalized spacial score (nSPS) is 12.4. The van der Waals surface area contributed by atoms with Crippen LogP contribution in [0.25, 0.3) is 87.1 Å². The Labute approximate surface area is 259 Å². The molecule has 2 heterocycles. The summed E-state index contributed by atoms with van der Waals surface area (Å²) in [7, 11) is 0. The van der Waals surface area contributed by atoms with Crippen LogP contribution in [0.5, 0.6) is 0 Å². The molecule has 0 radical (unpaired) electrons. The largest absolute Gasteiger partial charge is 0.247 e. The van der Waals surface area contributed by atoms with Crippen LogP contribution < -0.4 is 0 Å². The van der Waals surface area contributed by atoms with E-state index in [4.69, 9.17) is 10.2 Å². The predicted octanol–water partition coefficient (Wildman–Crippen LogP) is 10.7. The van der Waals surface area contributed by atoms with Crippen molar-refractivity contribution in [1.29, 1.82) is 0 Å². The Morgan fingerprint density at radius 1 is 0.444 bits per heavy atom. The monoisotopic (exact) mass is 576 g/mol. The second-order valence-electron chi connectivity index (χ2n) is 12.2. The maximum absolute atomic E-state index is 5.15. The fourth-order valence-corrected chi connectivity index (χ4v) is 7.71. The van der Waals surface area contributed by atoms with Gasteiger partial charge in [-0.25, -0.2) is 9.36 Å². The van der Waals surface area contributed by atoms with Crippen LogP contribution in [0.1, 0.15) is 19.5 Å². The molecule has 0 saturated carbocycles. The summed E-state index contributed by atoms with van der Waals surface area (Å²) >= 11 is 0. The van der Waals surface area contributed by atoms with Gasteiger partial charge < -0.3 is 0 Å². The molecule has 10 aromatic rings. The summed E-state index contributed by atoms with van der Waals surface area (Å²) in [4.78, 5) is 0. The number of hydrogen-bond acceptors (Lipinski definition) is 2. The van der Waals surface area contributed by atoms with Crippen LogP contribution in [0.4, 0.5) is 0 Å². The van der Waals surface area contributed by atoms with Gasteiger partial charge in [0, 0.05) is 23.5 Å². The first-order valence-corrected chi connectivity index (χ1v) is 15.7. The summed E-state index contributed by atoms with van der Waals surface area (Å²) in [5.41, 5.74) is 4.27.